The number of hydrogen-bond donors (Lipinski definition) is 0. The summed E-state index contributed by atoms with van der Waals surface area (Å²) in [6.07, 6.45) is 2.22. The largest absolute Gasteiger partial charge is 0.299 e. The maximum atomic E-state index is 13.2. The van der Waals surface area contributed by atoms with Crippen LogP contribution in [0.2, 0.25) is 5.02 Å². The van der Waals surface area contributed by atoms with Crippen molar-refractivity contribution in [2.45, 2.75) is 31.7 Å². The molecular formula is C14H18Cl2FN. The Labute approximate surface area is 118 Å². The molecule has 0 spiro atoms. The van der Waals surface area contributed by atoms with Gasteiger partial charge >= 0.3 is 0 Å². The molecule has 0 bridgehead atoms. The smallest absolute Gasteiger partial charge is 0.123 e. The van der Waals surface area contributed by atoms with E-state index in [1.54, 1.807) is 6.07 Å². The van der Waals surface area contributed by atoms with E-state index < -0.39 is 0 Å². The second-order valence-corrected chi connectivity index (χ2v) is 6.12. The van der Waals surface area contributed by atoms with Gasteiger partial charge in [0, 0.05) is 16.9 Å². The molecule has 1 heterocycles. The summed E-state index contributed by atoms with van der Waals surface area (Å²) in [6.45, 7) is 4.80. The molecule has 1 aromatic rings. The van der Waals surface area contributed by atoms with E-state index >= 15 is 0 Å². The van der Waals surface area contributed by atoms with Crippen LogP contribution in [0.15, 0.2) is 18.2 Å². The predicted molar refractivity (Wildman–Crippen MR) is 74.7 cm³/mol. The molecule has 0 radical (unpaired) electrons. The van der Waals surface area contributed by atoms with Crippen molar-refractivity contribution >= 4 is 23.2 Å². The van der Waals surface area contributed by atoms with Crippen molar-refractivity contribution in [2.24, 2.45) is 5.92 Å². The van der Waals surface area contributed by atoms with Gasteiger partial charge in [-0.3, -0.25) is 4.90 Å². The van der Waals surface area contributed by atoms with Crippen LogP contribution in [0.1, 0.15) is 25.3 Å². The highest BCUT2D eigenvalue weighted by Crippen LogP contribution is 2.26. The lowest BCUT2D eigenvalue weighted by Gasteiger charge is -2.33. The first kappa shape index (κ1) is 14.1. The molecule has 1 saturated heterocycles. The molecule has 2 rings (SSSR count). The van der Waals surface area contributed by atoms with Gasteiger partial charge in [0.05, 0.1) is 0 Å². The van der Waals surface area contributed by atoms with Crippen LogP contribution >= 0.6 is 23.2 Å². The van der Waals surface area contributed by atoms with E-state index in [0.717, 1.165) is 38.0 Å². The normalized spacial score (nSPS) is 20.0. The summed E-state index contributed by atoms with van der Waals surface area (Å²) in [5.41, 5.74) is 0.869. The Bertz CT molecular complexity index is 401. The van der Waals surface area contributed by atoms with Gasteiger partial charge in [-0.2, -0.15) is 0 Å². The predicted octanol–water partition coefficient (Wildman–Crippen LogP) is 4.32. The highest BCUT2D eigenvalue weighted by Gasteiger charge is 2.22. The van der Waals surface area contributed by atoms with Gasteiger partial charge in [0.1, 0.15) is 5.82 Å². The summed E-state index contributed by atoms with van der Waals surface area (Å²) in [5.74, 6) is 0.379. The Hall–Kier alpha value is -0.310. The first-order valence-electron chi connectivity index (χ1n) is 6.36. The highest BCUT2D eigenvalue weighted by atomic mass is 35.5. The zero-order chi connectivity index (χ0) is 13.1. The fraction of sp³-hybridized carbons (Fsp3) is 0.571. The van der Waals surface area contributed by atoms with Gasteiger partial charge in [0.25, 0.3) is 0 Å². The van der Waals surface area contributed by atoms with Crippen molar-refractivity contribution in [1.29, 1.82) is 0 Å². The summed E-state index contributed by atoms with van der Waals surface area (Å²) in [7, 11) is 0. The van der Waals surface area contributed by atoms with E-state index in [1.807, 2.05) is 0 Å². The molecule has 1 fully saturated rings. The molecule has 1 aliphatic rings. The number of nitrogens with zero attached hydrogens (tertiary/aromatic N) is 1. The summed E-state index contributed by atoms with van der Waals surface area (Å²) in [4.78, 5) is 2.32. The molecule has 0 aliphatic carbocycles. The Morgan fingerprint density at radius 1 is 1.39 bits per heavy atom. The van der Waals surface area contributed by atoms with E-state index in [-0.39, 0.29) is 11.2 Å². The van der Waals surface area contributed by atoms with Gasteiger partial charge in [0.2, 0.25) is 0 Å². The molecule has 18 heavy (non-hydrogen) atoms. The van der Waals surface area contributed by atoms with Crippen LogP contribution in [0.5, 0.6) is 0 Å². The van der Waals surface area contributed by atoms with E-state index in [1.165, 1.54) is 12.1 Å². The van der Waals surface area contributed by atoms with Crippen molar-refractivity contribution in [3.63, 3.8) is 0 Å². The Morgan fingerprint density at radius 3 is 2.67 bits per heavy atom. The number of piperidine rings is 1. The summed E-state index contributed by atoms with van der Waals surface area (Å²) < 4.78 is 13.2. The SMILES string of the molecule is CC(Cl)C1CCN(Cc2cc(F)ccc2Cl)CC1. The molecule has 0 aromatic heterocycles. The second-order valence-electron chi connectivity index (χ2n) is 5.03. The second kappa shape index (κ2) is 6.23. The summed E-state index contributed by atoms with van der Waals surface area (Å²) in [5, 5.41) is 0.883. The van der Waals surface area contributed by atoms with E-state index in [9.17, 15) is 4.39 Å². The van der Waals surface area contributed by atoms with Crippen molar-refractivity contribution in [3.05, 3.63) is 34.6 Å². The van der Waals surface area contributed by atoms with E-state index in [4.69, 9.17) is 23.2 Å². The van der Waals surface area contributed by atoms with Gasteiger partial charge < -0.3 is 0 Å². The van der Waals surface area contributed by atoms with Crippen molar-refractivity contribution in [1.82, 2.24) is 4.90 Å². The number of alkyl halides is 1. The van der Waals surface area contributed by atoms with Crippen LogP contribution in [0, 0.1) is 11.7 Å². The quantitative estimate of drug-likeness (QED) is 0.749. The van der Waals surface area contributed by atoms with Crippen molar-refractivity contribution in [2.75, 3.05) is 13.1 Å². The van der Waals surface area contributed by atoms with Crippen LogP contribution in [0.3, 0.4) is 0 Å². The van der Waals surface area contributed by atoms with Gasteiger partial charge in [0.15, 0.2) is 0 Å². The molecule has 1 atom stereocenters. The number of halogens is 3. The lowest BCUT2D eigenvalue weighted by molar-refractivity contribution is 0.176. The van der Waals surface area contributed by atoms with Crippen LogP contribution < -0.4 is 0 Å². The van der Waals surface area contributed by atoms with Crippen LogP contribution in [-0.4, -0.2) is 23.4 Å². The van der Waals surface area contributed by atoms with Gasteiger partial charge in [-0.05, 0) is 62.5 Å². The molecule has 1 aliphatic heterocycles. The fourth-order valence-electron chi connectivity index (χ4n) is 2.48. The van der Waals surface area contributed by atoms with Crippen molar-refractivity contribution in [3.8, 4) is 0 Å². The van der Waals surface area contributed by atoms with Crippen LogP contribution in [0.25, 0.3) is 0 Å². The maximum absolute atomic E-state index is 13.2. The first-order chi connectivity index (χ1) is 8.56. The third-order valence-electron chi connectivity index (χ3n) is 3.68. The number of rotatable bonds is 3. The number of benzene rings is 1. The standard InChI is InChI=1S/C14H18Cl2FN/c1-10(15)11-4-6-18(7-5-11)9-12-8-13(17)2-3-14(12)16/h2-3,8,10-11H,4-7,9H2,1H3. The molecule has 1 unspecified atom stereocenters. The summed E-state index contributed by atoms with van der Waals surface area (Å²) >= 11 is 12.2. The Kier molecular flexibility index (Phi) is 4.88. The number of likely N-dealkylation sites (tertiary alicyclic amines) is 1. The average molecular weight is 290 g/mol. The van der Waals surface area contributed by atoms with Gasteiger partial charge in [-0.15, -0.1) is 11.6 Å². The minimum absolute atomic E-state index is 0.223. The van der Waals surface area contributed by atoms with E-state index in [0.29, 0.717) is 10.9 Å². The molecule has 4 heteroatoms. The molecule has 0 amide bonds. The third kappa shape index (κ3) is 3.59. The number of hydrogen-bond acceptors (Lipinski definition) is 1. The molecule has 0 saturated carbocycles. The third-order valence-corrected chi connectivity index (χ3v) is 4.41. The van der Waals surface area contributed by atoms with Crippen molar-refractivity contribution < 1.29 is 4.39 Å². The lowest BCUT2D eigenvalue weighted by Crippen LogP contribution is -2.35. The fourth-order valence-corrected chi connectivity index (χ4v) is 2.91. The molecule has 100 valence electrons. The molecular weight excluding hydrogens is 272 g/mol. The lowest BCUT2D eigenvalue weighted by atomic mass is 9.94. The highest BCUT2D eigenvalue weighted by molar-refractivity contribution is 6.31. The van der Waals surface area contributed by atoms with Gasteiger partial charge in [-0.1, -0.05) is 11.6 Å². The zero-order valence-corrected chi connectivity index (χ0v) is 12.0. The molecule has 1 aromatic carbocycles. The van der Waals surface area contributed by atoms with Crippen LogP contribution in [0.4, 0.5) is 4.39 Å². The molecule has 0 N–H and O–H groups in total. The molecule has 1 nitrogen and oxygen atoms in total. The van der Waals surface area contributed by atoms with Gasteiger partial charge in [-0.25, -0.2) is 4.39 Å². The summed E-state index contributed by atoms with van der Waals surface area (Å²) in [6, 6.07) is 4.55. The Morgan fingerprint density at radius 2 is 2.06 bits per heavy atom. The maximum Gasteiger partial charge on any atom is 0.123 e. The minimum atomic E-state index is -0.223. The monoisotopic (exact) mass is 289 g/mol. The zero-order valence-electron chi connectivity index (χ0n) is 10.5. The van der Waals surface area contributed by atoms with Crippen LogP contribution in [-0.2, 0) is 6.54 Å². The Balaban J connectivity index is 1.93. The topological polar surface area (TPSA) is 3.24 Å². The average Bonchev–Trinajstić information content (AvgIpc) is 2.34. The first-order valence-corrected chi connectivity index (χ1v) is 7.18. The minimum Gasteiger partial charge on any atom is -0.299 e. The van der Waals surface area contributed by atoms with E-state index in [2.05, 4.69) is 11.8 Å².